The third-order valence-corrected chi connectivity index (χ3v) is 7.33. The highest BCUT2D eigenvalue weighted by molar-refractivity contribution is 5.79. The highest BCUT2D eigenvalue weighted by Gasteiger charge is 2.28. The van der Waals surface area contributed by atoms with Crippen LogP contribution >= 0.6 is 0 Å². The van der Waals surface area contributed by atoms with E-state index in [0.717, 1.165) is 6.42 Å². The Kier molecular flexibility index (Phi) is 17.5. The number of ether oxygens (including phenoxy) is 1. The molecule has 0 bridgehead atoms. The Morgan fingerprint density at radius 3 is 1.50 bits per heavy atom. The molecular formula is C29H56N8O5. The summed E-state index contributed by atoms with van der Waals surface area (Å²) < 4.78 is 5.93. The van der Waals surface area contributed by atoms with Crippen molar-refractivity contribution >= 4 is 23.6 Å². The molecule has 1 unspecified atom stereocenters. The first kappa shape index (κ1) is 37.4. The molecule has 42 heavy (non-hydrogen) atoms. The van der Waals surface area contributed by atoms with Crippen LogP contribution in [0.1, 0.15) is 6.42 Å². The predicted molar refractivity (Wildman–Crippen MR) is 165 cm³/mol. The minimum absolute atomic E-state index is 0.00844. The Labute approximate surface area is 253 Å². The van der Waals surface area contributed by atoms with Crippen molar-refractivity contribution < 1.29 is 23.9 Å². The fraction of sp³-hybridized carbons (Fsp3) is 0.793. The lowest BCUT2D eigenvalue weighted by Gasteiger charge is -2.37. The Morgan fingerprint density at radius 2 is 1.05 bits per heavy atom. The van der Waals surface area contributed by atoms with Crippen LogP contribution in [-0.2, 0) is 23.9 Å². The molecule has 0 aliphatic carbocycles. The Bertz CT molecular complexity index is 867. The van der Waals surface area contributed by atoms with Crippen molar-refractivity contribution in [2.24, 2.45) is 0 Å². The maximum absolute atomic E-state index is 13.0. The summed E-state index contributed by atoms with van der Waals surface area (Å²) in [6.07, 6.45) is 2.46. The number of amides is 4. The Morgan fingerprint density at radius 1 is 0.643 bits per heavy atom. The van der Waals surface area contributed by atoms with E-state index in [1.165, 1.54) is 0 Å². The molecule has 1 rings (SSSR count). The zero-order valence-electron chi connectivity index (χ0n) is 27.4. The molecule has 0 aromatic heterocycles. The van der Waals surface area contributed by atoms with Gasteiger partial charge in [-0.3, -0.25) is 38.8 Å². The summed E-state index contributed by atoms with van der Waals surface area (Å²) in [5, 5.41) is 0. The van der Waals surface area contributed by atoms with Crippen molar-refractivity contribution in [2.75, 3.05) is 142 Å². The monoisotopic (exact) mass is 596 g/mol. The van der Waals surface area contributed by atoms with E-state index in [1.807, 2.05) is 0 Å². The molecule has 0 radical (unpaired) electrons. The lowest BCUT2D eigenvalue weighted by molar-refractivity contribution is -0.133. The molecule has 1 fully saturated rings. The van der Waals surface area contributed by atoms with Gasteiger partial charge < -0.3 is 24.3 Å². The van der Waals surface area contributed by atoms with Gasteiger partial charge in [0.25, 0.3) is 0 Å². The number of nitrogens with zero attached hydrogens (tertiary/aromatic N) is 8. The molecule has 1 heterocycles. The first-order valence-corrected chi connectivity index (χ1v) is 14.6. The number of hydrogen-bond acceptors (Lipinski definition) is 9. The van der Waals surface area contributed by atoms with Gasteiger partial charge in [0, 0.05) is 95.1 Å². The van der Waals surface area contributed by atoms with Crippen LogP contribution in [0, 0.1) is 0 Å². The molecule has 242 valence electrons. The zero-order chi connectivity index (χ0) is 31.8. The van der Waals surface area contributed by atoms with Gasteiger partial charge in [0.05, 0.1) is 39.4 Å². The van der Waals surface area contributed by atoms with Crippen LogP contribution in [0.5, 0.6) is 0 Å². The first-order chi connectivity index (χ1) is 19.7. The molecule has 13 nitrogen and oxygen atoms in total. The molecule has 0 saturated carbocycles. The van der Waals surface area contributed by atoms with E-state index in [1.54, 1.807) is 82.1 Å². The quantitative estimate of drug-likeness (QED) is 0.197. The molecule has 0 aromatic carbocycles. The van der Waals surface area contributed by atoms with Crippen LogP contribution in [0.3, 0.4) is 0 Å². The molecule has 0 N–H and O–H groups in total. The van der Waals surface area contributed by atoms with E-state index in [4.69, 9.17) is 4.74 Å². The SMILES string of the molecule is C=CCOCC1CN(CC(=O)N(C)C)CCN(CC(=O)N(C)C)CCCN(CC(=O)N(C)C)CCN1CC(=O)N(C)C. The molecule has 1 aliphatic heterocycles. The summed E-state index contributed by atoms with van der Waals surface area (Å²) in [6, 6.07) is -0.201. The van der Waals surface area contributed by atoms with Crippen molar-refractivity contribution in [3.63, 3.8) is 0 Å². The van der Waals surface area contributed by atoms with Crippen molar-refractivity contribution in [1.29, 1.82) is 0 Å². The molecule has 4 amide bonds. The van der Waals surface area contributed by atoms with Gasteiger partial charge in [-0.2, -0.15) is 0 Å². The van der Waals surface area contributed by atoms with Gasteiger partial charge in [-0.25, -0.2) is 0 Å². The van der Waals surface area contributed by atoms with Crippen molar-refractivity contribution in [3.05, 3.63) is 12.7 Å². The molecule has 1 aliphatic rings. The van der Waals surface area contributed by atoms with Crippen LogP contribution in [0.15, 0.2) is 12.7 Å². The number of rotatable bonds is 12. The summed E-state index contributed by atoms with van der Waals surface area (Å²) >= 11 is 0. The maximum Gasteiger partial charge on any atom is 0.236 e. The van der Waals surface area contributed by atoms with Crippen LogP contribution in [-0.4, -0.2) is 210 Å². The van der Waals surface area contributed by atoms with E-state index in [9.17, 15) is 19.2 Å². The van der Waals surface area contributed by atoms with E-state index in [2.05, 4.69) is 26.2 Å². The largest absolute Gasteiger partial charge is 0.376 e. The summed E-state index contributed by atoms with van der Waals surface area (Å²) in [6.45, 7) is 9.51. The predicted octanol–water partition coefficient (Wildman–Crippen LogP) is -1.48. The van der Waals surface area contributed by atoms with Crippen molar-refractivity contribution in [1.82, 2.24) is 39.2 Å². The van der Waals surface area contributed by atoms with Crippen LogP contribution in [0.2, 0.25) is 0 Å². The lowest BCUT2D eigenvalue weighted by atomic mass is 10.2. The second kappa shape index (κ2) is 19.6. The highest BCUT2D eigenvalue weighted by Crippen LogP contribution is 2.10. The Balaban J connectivity index is 3.45. The number of carbonyl (C=O) groups excluding carboxylic acids is 4. The van der Waals surface area contributed by atoms with Crippen LogP contribution < -0.4 is 0 Å². The zero-order valence-corrected chi connectivity index (χ0v) is 27.4. The van der Waals surface area contributed by atoms with E-state index < -0.39 is 0 Å². The number of hydrogen-bond donors (Lipinski definition) is 0. The molecule has 0 spiro atoms. The van der Waals surface area contributed by atoms with Gasteiger partial charge in [0.2, 0.25) is 23.6 Å². The van der Waals surface area contributed by atoms with E-state index >= 15 is 0 Å². The molecular weight excluding hydrogens is 540 g/mol. The van der Waals surface area contributed by atoms with Crippen molar-refractivity contribution in [3.8, 4) is 0 Å². The number of likely N-dealkylation sites (N-methyl/N-ethyl adjacent to an activating group) is 4. The smallest absolute Gasteiger partial charge is 0.236 e. The highest BCUT2D eigenvalue weighted by atomic mass is 16.5. The average Bonchev–Trinajstić information content (AvgIpc) is 2.92. The molecule has 1 saturated heterocycles. The van der Waals surface area contributed by atoms with Crippen LogP contribution in [0.25, 0.3) is 0 Å². The summed E-state index contributed by atoms with van der Waals surface area (Å²) in [5.41, 5.74) is 0. The second-order valence-electron chi connectivity index (χ2n) is 11.7. The van der Waals surface area contributed by atoms with Gasteiger partial charge in [0.1, 0.15) is 0 Å². The van der Waals surface area contributed by atoms with Gasteiger partial charge in [-0.1, -0.05) is 6.08 Å². The maximum atomic E-state index is 13.0. The number of carbonyl (C=O) groups is 4. The first-order valence-electron chi connectivity index (χ1n) is 14.6. The van der Waals surface area contributed by atoms with Gasteiger partial charge in [-0.15, -0.1) is 6.58 Å². The van der Waals surface area contributed by atoms with Gasteiger partial charge >= 0.3 is 0 Å². The van der Waals surface area contributed by atoms with E-state index in [-0.39, 0.29) is 55.8 Å². The average molecular weight is 597 g/mol. The molecule has 1 atom stereocenters. The second-order valence-corrected chi connectivity index (χ2v) is 11.7. The lowest BCUT2D eigenvalue weighted by Crippen LogP contribution is -2.54. The summed E-state index contributed by atoms with van der Waals surface area (Å²) in [7, 11) is 13.9. The topological polar surface area (TPSA) is 103 Å². The minimum Gasteiger partial charge on any atom is -0.376 e. The summed E-state index contributed by atoms with van der Waals surface area (Å²) in [4.78, 5) is 65.9. The Hall–Kier alpha value is -2.58. The fourth-order valence-electron chi connectivity index (χ4n) is 4.41. The van der Waals surface area contributed by atoms with Gasteiger partial charge in [-0.05, 0) is 19.5 Å². The van der Waals surface area contributed by atoms with E-state index in [0.29, 0.717) is 59.0 Å². The molecule has 13 heteroatoms. The van der Waals surface area contributed by atoms with Gasteiger partial charge in [0.15, 0.2) is 0 Å². The fourth-order valence-corrected chi connectivity index (χ4v) is 4.41. The molecule has 0 aromatic rings. The third-order valence-electron chi connectivity index (χ3n) is 7.33. The standard InChI is InChI=1S/C29H56N8O5/c1-10-18-42-24-25-19-36(22-28(40)32(6)7)15-14-34(20-26(38)30(2)3)12-11-13-35(21-27(39)31(4)5)16-17-37(25)23-29(41)33(8)9/h10,25H,1,11-24H2,2-9H3. The third kappa shape index (κ3) is 14.5. The van der Waals surface area contributed by atoms with Crippen LogP contribution in [0.4, 0.5) is 0 Å². The summed E-state index contributed by atoms with van der Waals surface area (Å²) in [5.74, 6) is -0.0356. The van der Waals surface area contributed by atoms with Crippen molar-refractivity contribution in [2.45, 2.75) is 12.5 Å². The normalized spacial score (nSPS) is 18.7. The minimum atomic E-state index is -0.201.